The SMILES string of the molecule is CN=C(NCCc1nc(C(F)(F)F)cs1)NCc1ccc(COC)cc1. The molecule has 142 valence electrons. The molecule has 0 saturated carbocycles. The number of halogens is 3. The molecular weight excluding hydrogens is 365 g/mol. The van der Waals surface area contributed by atoms with Crippen LogP contribution in [-0.2, 0) is 30.5 Å². The van der Waals surface area contributed by atoms with Crippen molar-refractivity contribution in [3.05, 3.63) is 51.5 Å². The molecule has 0 radical (unpaired) electrons. The van der Waals surface area contributed by atoms with Gasteiger partial charge in [0, 0.05) is 39.0 Å². The number of rotatable bonds is 7. The average Bonchev–Trinajstić information content (AvgIpc) is 3.09. The van der Waals surface area contributed by atoms with Crippen molar-refractivity contribution in [3.63, 3.8) is 0 Å². The first-order chi connectivity index (χ1) is 12.4. The number of methoxy groups -OCH3 is 1. The van der Waals surface area contributed by atoms with Crippen molar-refractivity contribution in [2.24, 2.45) is 4.99 Å². The van der Waals surface area contributed by atoms with Gasteiger partial charge in [-0.3, -0.25) is 4.99 Å². The summed E-state index contributed by atoms with van der Waals surface area (Å²) in [4.78, 5) is 7.71. The highest BCUT2D eigenvalue weighted by Crippen LogP contribution is 2.29. The highest BCUT2D eigenvalue weighted by Gasteiger charge is 2.33. The van der Waals surface area contributed by atoms with Gasteiger partial charge in [-0.2, -0.15) is 13.2 Å². The highest BCUT2D eigenvalue weighted by molar-refractivity contribution is 7.09. The number of benzene rings is 1. The minimum Gasteiger partial charge on any atom is -0.380 e. The Bertz CT molecular complexity index is 714. The third-order valence-corrected chi connectivity index (χ3v) is 4.40. The molecule has 9 heteroatoms. The van der Waals surface area contributed by atoms with Crippen LogP contribution in [0.15, 0.2) is 34.6 Å². The van der Waals surface area contributed by atoms with Gasteiger partial charge in [0.05, 0.1) is 11.6 Å². The van der Waals surface area contributed by atoms with E-state index in [1.807, 2.05) is 24.3 Å². The number of hydrogen-bond donors (Lipinski definition) is 2. The van der Waals surface area contributed by atoms with E-state index in [-0.39, 0.29) is 0 Å². The lowest BCUT2D eigenvalue weighted by Crippen LogP contribution is -2.37. The summed E-state index contributed by atoms with van der Waals surface area (Å²) in [6.07, 6.45) is -3.99. The van der Waals surface area contributed by atoms with Crippen molar-refractivity contribution in [2.75, 3.05) is 20.7 Å². The zero-order valence-corrected chi connectivity index (χ0v) is 15.4. The molecule has 0 atom stereocenters. The fourth-order valence-corrected chi connectivity index (χ4v) is 2.98. The second-order valence-corrected chi connectivity index (χ2v) is 6.42. The molecule has 0 unspecified atom stereocenters. The monoisotopic (exact) mass is 386 g/mol. The number of hydrogen-bond acceptors (Lipinski definition) is 4. The Labute approximate surface area is 154 Å². The van der Waals surface area contributed by atoms with Crippen LogP contribution in [0.5, 0.6) is 0 Å². The van der Waals surface area contributed by atoms with Gasteiger partial charge in [-0.15, -0.1) is 11.3 Å². The van der Waals surface area contributed by atoms with Crippen molar-refractivity contribution in [3.8, 4) is 0 Å². The number of nitrogens with one attached hydrogen (secondary N) is 2. The standard InChI is InChI=1S/C17H21F3N4OS/c1-21-16(23-9-12-3-5-13(6-4-12)10-25-2)22-8-7-15-24-14(11-26-15)17(18,19)20/h3-6,11H,7-10H2,1-2H3,(H2,21,22,23). The van der Waals surface area contributed by atoms with E-state index in [1.54, 1.807) is 14.2 Å². The largest absolute Gasteiger partial charge is 0.434 e. The minimum atomic E-state index is -4.39. The Morgan fingerprint density at radius 1 is 1.19 bits per heavy atom. The molecular formula is C17H21F3N4OS. The van der Waals surface area contributed by atoms with Crippen LogP contribution < -0.4 is 10.6 Å². The molecule has 0 bridgehead atoms. The van der Waals surface area contributed by atoms with Crippen LogP contribution in [0.25, 0.3) is 0 Å². The van der Waals surface area contributed by atoms with Gasteiger partial charge < -0.3 is 15.4 Å². The van der Waals surface area contributed by atoms with E-state index in [0.29, 0.717) is 37.1 Å². The van der Waals surface area contributed by atoms with Gasteiger partial charge >= 0.3 is 6.18 Å². The number of nitrogens with zero attached hydrogens (tertiary/aromatic N) is 2. The van der Waals surface area contributed by atoms with Crippen LogP contribution in [0.4, 0.5) is 13.2 Å². The van der Waals surface area contributed by atoms with Crippen LogP contribution >= 0.6 is 11.3 Å². The first-order valence-electron chi connectivity index (χ1n) is 7.95. The Kier molecular flexibility index (Phi) is 7.40. The Morgan fingerprint density at radius 3 is 2.46 bits per heavy atom. The maximum absolute atomic E-state index is 12.5. The second kappa shape index (κ2) is 9.54. The predicted octanol–water partition coefficient (Wildman–Crippen LogP) is 3.22. The fraction of sp³-hybridized carbons (Fsp3) is 0.412. The maximum Gasteiger partial charge on any atom is 0.434 e. The topological polar surface area (TPSA) is 58.5 Å². The average molecular weight is 386 g/mol. The smallest absolute Gasteiger partial charge is 0.380 e. The van der Waals surface area contributed by atoms with Crippen LogP contribution in [0, 0.1) is 0 Å². The molecule has 2 rings (SSSR count). The van der Waals surface area contributed by atoms with Crippen LogP contribution in [0.3, 0.4) is 0 Å². The first-order valence-corrected chi connectivity index (χ1v) is 8.83. The van der Waals surface area contributed by atoms with Gasteiger partial charge in [0.15, 0.2) is 11.7 Å². The third kappa shape index (κ3) is 6.30. The molecule has 26 heavy (non-hydrogen) atoms. The molecule has 0 fully saturated rings. The van der Waals surface area contributed by atoms with E-state index in [4.69, 9.17) is 4.74 Å². The van der Waals surface area contributed by atoms with Gasteiger partial charge in [0.1, 0.15) is 0 Å². The Morgan fingerprint density at radius 2 is 1.88 bits per heavy atom. The molecule has 2 aromatic rings. The Hall–Kier alpha value is -2.13. The molecule has 2 N–H and O–H groups in total. The number of aliphatic imine (C=N–C) groups is 1. The van der Waals surface area contributed by atoms with Gasteiger partial charge in [-0.25, -0.2) is 4.98 Å². The molecule has 0 amide bonds. The van der Waals surface area contributed by atoms with Crippen molar-refractivity contribution < 1.29 is 17.9 Å². The van der Waals surface area contributed by atoms with Crippen molar-refractivity contribution in [1.82, 2.24) is 15.6 Å². The maximum atomic E-state index is 12.5. The summed E-state index contributed by atoms with van der Waals surface area (Å²) in [5.74, 6) is 0.582. The lowest BCUT2D eigenvalue weighted by molar-refractivity contribution is -0.140. The summed E-state index contributed by atoms with van der Waals surface area (Å²) in [6, 6.07) is 8.00. The van der Waals surface area contributed by atoms with Crippen molar-refractivity contribution >= 4 is 17.3 Å². The molecule has 5 nitrogen and oxygen atoms in total. The quantitative estimate of drug-likeness (QED) is 0.567. The van der Waals surface area contributed by atoms with Gasteiger partial charge in [0.25, 0.3) is 0 Å². The molecule has 1 aromatic carbocycles. The number of thiazole rings is 1. The van der Waals surface area contributed by atoms with E-state index >= 15 is 0 Å². The summed E-state index contributed by atoms with van der Waals surface area (Å²) < 4.78 is 42.7. The van der Waals surface area contributed by atoms with E-state index in [9.17, 15) is 13.2 Å². The van der Waals surface area contributed by atoms with Gasteiger partial charge in [-0.05, 0) is 11.1 Å². The molecule has 0 saturated heterocycles. The summed E-state index contributed by atoms with van der Waals surface area (Å²) in [5.41, 5.74) is 1.35. The van der Waals surface area contributed by atoms with Crippen LogP contribution in [0.2, 0.25) is 0 Å². The number of alkyl halides is 3. The second-order valence-electron chi connectivity index (χ2n) is 5.48. The zero-order chi connectivity index (χ0) is 19.0. The summed E-state index contributed by atoms with van der Waals surface area (Å²) in [5, 5.41) is 7.71. The zero-order valence-electron chi connectivity index (χ0n) is 14.6. The lowest BCUT2D eigenvalue weighted by atomic mass is 10.1. The number of ether oxygens (including phenoxy) is 1. The van der Waals surface area contributed by atoms with Crippen molar-refractivity contribution in [1.29, 1.82) is 0 Å². The van der Waals surface area contributed by atoms with Crippen LogP contribution in [0.1, 0.15) is 21.8 Å². The summed E-state index contributed by atoms with van der Waals surface area (Å²) in [7, 11) is 3.29. The number of guanidine groups is 1. The first kappa shape index (κ1) is 20.2. The van der Waals surface area contributed by atoms with Gasteiger partial charge in [0.2, 0.25) is 0 Å². The van der Waals surface area contributed by atoms with E-state index < -0.39 is 11.9 Å². The molecule has 1 heterocycles. The normalized spacial score (nSPS) is 12.3. The summed E-state index contributed by atoms with van der Waals surface area (Å²) >= 11 is 1.01. The molecule has 0 aliphatic rings. The molecule has 1 aromatic heterocycles. The minimum absolute atomic E-state index is 0.396. The predicted molar refractivity (Wildman–Crippen MR) is 96.2 cm³/mol. The van der Waals surface area contributed by atoms with Gasteiger partial charge in [-0.1, -0.05) is 24.3 Å². The lowest BCUT2D eigenvalue weighted by Gasteiger charge is -2.11. The Balaban J connectivity index is 1.76. The van der Waals surface area contributed by atoms with E-state index in [2.05, 4.69) is 20.6 Å². The van der Waals surface area contributed by atoms with E-state index in [1.165, 1.54) is 0 Å². The fourth-order valence-electron chi connectivity index (χ4n) is 2.17. The van der Waals surface area contributed by atoms with E-state index in [0.717, 1.165) is 27.8 Å². The van der Waals surface area contributed by atoms with Crippen molar-refractivity contribution in [2.45, 2.75) is 25.7 Å². The summed E-state index contributed by atoms with van der Waals surface area (Å²) in [6.45, 7) is 1.60. The highest BCUT2D eigenvalue weighted by atomic mass is 32.1. The molecule has 0 aliphatic heterocycles. The number of aromatic nitrogens is 1. The molecule has 0 spiro atoms. The third-order valence-electron chi connectivity index (χ3n) is 3.49. The van der Waals surface area contributed by atoms with Crippen LogP contribution in [-0.4, -0.2) is 31.6 Å². The molecule has 0 aliphatic carbocycles.